The molecule has 4 nitrogen and oxygen atoms in total. The largest absolute Gasteiger partial charge is 0.478 e. The van der Waals surface area contributed by atoms with Crippen molar-refractivity contribution >= 4 is 39.4 Å². The number of aromatic carboxylic acids is 1. The number of halogens is 1. The molecule has 0 spiro atoms. The van der Waals surface area contributed by atoms with Crippen LogP contribution < -0.4 is 0 Å². The molecule has 2 aromatic heterocycles. The minimum absolute atomic E-state index is 0.136. The first-order chi connectivity index (χ1) is 8.66. The molecule has 0 aliphatic rings. The van der Waals surface area contributed by atoms with E-state index in [4.69, 9.17) is 16.7 Å². The quantitative estimate of drug-likeness (QED) is 0.538. The molecular weight excluding hydrogens is 252 g/mol. The third-order valence-electron chi connectivity index (χ3n) is 2.76. The fourth-order valence-electron chi connectivity index (χ4n) is 1.91. The molecule has 1 N–H and O–H groups in total. The third kappa shape index (κ3) is 1.58. The van der Waals surface area contributed by atoms with Crippen LogP contribution in [0.25, 0.3) is 21.8 Å². The van der Waals surface area contributed by atoms with E-state index in [1.54, 1.807) is 6.07 Å². The number of hydrogen-bond donors (Lipinski definition) is 1. The Bertz CT molecular complexity index is 786. The van der Waals surface area contributed by atoms with E-state index in [0.717, 1.165) is 10.8 Å². The molecule has 0 unspecified atom stereocenters. The van der Waals surface area contributed by atoms with Gasteiger partial charge in [-0.3, -0.25) is 0 Å². The van der Waals surface area contributed by atoms with Gasteiger partial charge in [0.05, 0.1) is 5.56 Å². The fraction of sp³-hybridized carbons (Fsp3) is 0. The van der Waals surface area contributed by atoms with Crippen LogP contribution in [0.15, 0.2) is 36.5 Å². The summed E-state index contributed by atoms with van der Waals surface area (Å²) in [7, 11) is 0. The molecule has 3 aromatic rings. The molecule has 0 saturated carbocycles. The maximum atomic E-state index is 11.0. The number of rotatable bonds is 1. The molecule has 3 rings (SSSR count). The van der Waals surface area contributed by atoms with Gasteiger partial charge in [-0.25, -0.2) is 14.8 Å². The van der Waals surface area contributed by atoms with Gasteiger partial charge in [-0.15, -0.1) is 0 Å². The minimum Gasteiger partial charge on any atom is -0.478 e. The monoisotopic (exact) mass is 258 g/mol. The van der Waals surface area contributed by atoms with Crippen molar-refractivity contribution in [3.05, 3.63) is 47.2 Å². The summed E-state index contributed by atoms with van der Waals surface area (Å²) >= 11 is 6.07. The van der Waals surface area contributed by atoms with Gasteiger partial charge >= 0.3 is 5.97 Å². The lowest BCUT2D eigenvalue weighted by atomic mass is 10.1. The van der Waals surface area contributed by atoms with Gasteiger partial charge < -0.3 is 5.11 Å². The Morgan fingerprint density at radius 3 is 2.61 bits per heavy atom. The number of hydrogen-bond acceptors (Lipinski definition) is 3. The number of carboxylic acids is 1. The highest BCUT2D eigenvalue weighted by atomic mass is 35.5. The van der Waals surface area contributed by atoms with Gasteiger partial charge in [0.2, 0.25) is 0 Å². The van der Waals surface area contributed by atoms with E-state index < -0.39 is 5.97 Å². The van der Waals surface area contributed by atoms with Gasteiger partial charge in [0.15, 0.2) is 5.65 Å². The molecule has 18 heavy (non-hydrogen) atoms. The number of carboxylic acid groups (broad SMARTS) is 1. The van der Waals surface area contributed by atoms with Crippen molar-refractivity contribution in [2.75, 3.05) is 0 Å². The summed E-state index contributed by atoms with van der Waals surface area (Å²) in [6.07, 6.45) is 1.28. The Balaban J connectivity index is 2.50. The number of fused-ring (bicyclic) bond motifs is 3. The maximum Gasteiger partial charge on any atom is 0.337 e. The number of aromatic nitrogens is 2. The molecule has 2 heterocycles. The zero-order valence-electron chi connectivity index (χ0n) is 9.09. The van der Waals surface area contributed by atoms with Crippen molar-refractivity contribution in [3.8, 4) is 0 Å². The summed E-state index contributed by atoms with van der Waals surface area (Å²) in [4.78, 5) is 19.2. The van der Waals surface area contributed by atoms with Gasteiger partial charge in [-0.05, 0) is 11.5 Å². The molecule has 0 radical (unpaired) electrons. The number of nitrogens with zero attached hydrogens (tertiary/aromatic N) is 2. The van der Waals surface area contributed by atoms with Crippen LogP contribution >= 0.6 is 11.6 Å². The summed E-state index contributed by atoms with van der Waals surface area (Å²) < 4.78 is 0. The van der Waals surface area contributed by atoms with Crippen LogP contribution in [0.2, 0.25) is 5.15 Å². The molecule has 0 aliphatic carbocycles. The second-order valence-corrected chi connectivity index (χ2v) is 4.21. The molecule has 0 amide bonds. The molecule has 0 fully saturated rings. The number of carbonyl (C=O) groups is 1. The Labute approximate surface area is 107 Å². The summed E-state index contributed by atoms with van der Waals surface area (Å²) in [5, 5.41) is 11.7. The Kier molecular flexibility index (Phi) is 2.38. The lowest BCUT2D eigenvalue weighted by Gasteiger charge is -2.05. The van der Waals surface area contributed by atoms with Gasteiger partial charge in [0.1, 0.15) is 5.15 Å². The van der Waals surface area contributed by atoms with E-state index in [2.05, 4.69) is 9.97 Å². The molecule has 1 aromatic carbocycles. The molecular formula is C13H7ClN2O2. The first-order valence-electron chi connectivity index (χ1n) is 5.24. The number of benzene rings is 1. The Morgan fingerprint density at radius 1 is 1.17 bits per heavy atom. The van der Waals surface area contributed by atoms with Crippen LogP contribution in [0.1, 0.15) is 10.4 Å². The fourth-order valence-corrected chi connectivity index (χ4v) is 2.16. The maximum absolute atomic E-state index is 11.0. The average molecular weight is 259 g/mol. The predicted molar refractivity (Wildman–Crippen MR) is 69.0 cm³/mol. The highest BCUT2D eigenvalue weighted by Gasteiger charge is 2.10. The Hall–Kier alpha value is -2.20. The average Bonchev–Trinajstić information content (AvgIpc) is 2.38. The topological polar surface area (TPSA) is 63.1 Å². The van der Waals surface area contributed by atoms with E-state index >= 15 is 0 Å². The van der Waals surface area contributed by atoms with Crippen LogP contribution in [-0.4, -0.2) is 21.0 Å². The second kappa shape index (κ2) is 3.92. The van der Waals surface area contributed by atoms with Crippen molar-refractivity contribution in [1.82, 2.24) is 9.97 Å². The van der Waals surface area contributed by atoms with Crippen LogP contribution in [0.5, 0.6) is 0 Å². The summed E-state index contributed by atoms with van der Waals surface area (Å²) in [5.41, 5.74) is 0.584. The zero-order valence-corrected chi connectivity index (χ0v) is 9.85. The normalized spacial score (nSPS) is 10.9. The first-order valence-corrected chi connectivity index (χ1v) is 5.62. The van der Waals surface area contributed by atoms with E-state index in [9.17, 15) is 4.79 Å². The Morgan fingerprint density at radius 2 is 1.89 bits per heavy atom. The first kappa shape index (κ1) is 10.9. The van der Waals surface area contributed by atoms with Crippen molar-refractivity contribution in [3.63, 3.8) is 0 Å². The molecule has 0 aliphatic heterocycles. The van der Waals surface area contributed by atoms with Crippen molar-refractivity contribution in [2.24, 2.45) is 0 Å². The molecule has 88 valence electrons. The van der Waals surface area contributed by atoms with E-state index in [1.165, 1.54) is 6.20 Å². The van der Waals surface area contributed by atoms with Gasteiger partial charge in [0, 0.05) is 17.0 Å². The summed E-state index contributed by atoms with van der Waals surface area (Å²) in [5.74, 6) is -1.01. The summed E-state index contributed by atoms with van der Waals surface area (Å²) in [6, 6.07) is 9.01. The van der Waals surface area contributed by atoms with Gasteiger partial charge in [0.25, 0.3) is 0 Å². The molecule has 0 atom stereocenters. The van der Waals surface area contributed by atoms with Gasteiger partial charge in [-0.2, -0.15) is 0 Å². The lowest BCUT2D eigenvalue weighted by molar-refractivity contribution is 0.0696. The van der Waals surface area contributed by atoms with Gasteiger partial charge in [-0.1, -0.05) is 35.9 Å². The lowest BCUT2D eigenvalue weighted by Crippen LogP contribution is -1.98. The molecule has 5 heteroatoms. The van der Waals surface area contributed by atoms with E-state index in [1.807, 2.05) is 24.3 Å². The number of pyridine rings is 2. The zero-order chi connectivity index (χ0) is 12.7. The van der Waals surface area contributed by atoms with Crippen LogP contribution in [0.3, 0.4) is 0 Å². The third-order valence-corrected chi connectivity index (χ3v) is 3.05. The van der Waals surface area contributed by atoms with E-state index in [0.29, 0.717) is 16.2 Å². The van der Waals surface area contributed by atoms with Crippen molar-refractivity contribution in [2.45, 2.75) is 0 Å². The highest BCUT2D eigenvalue weighted by Crippen LogP contribution is 2.28. The smallest absolute Gasteiger partial charge is 0.337 e. The minimum atomic E-state index is -1.01. The van der Waals surface area contributed by atoms with Crippen LogP contribution in [0, 0.1) is 0 Å². The molecule has 0 saturated heterocycles. The molecule has 0 bridgehead atoms. The van der Waals surface area contributed by atoms with Crippen molar-refractivity contribution < 1.29 is 9.90 Å². The standard InChI is InChI=1S/C13H7ClN2O2/c14-11-9-4-2-1-3-8(9)10-5-7(13(17)18)6-15-12(10)16-11/h1-6H,(H,17,18). The second-order valence-electron chi connectivity index (χ2n) is 3.85. The van der Waals surface area contributed by atoms with Crippen molar-refractivity contribution in [1.29, 1.82) is 0 Å². The predicted octanol–water partition coefficient (Wildman–Crippen LogP) is 3.13. The summed E-state index contributed by atoms with van der Waals surface area (Å²) in [6.45, 7) is 0. The van der Waals surface area contributed by atoms with E-state index in [-0.39, 0.29) is 5.56 Å². The van der Waals surface area contributed by atoms with Crippen LogP contribution in [-0.2, 0) is 0 Å². The van der Waals surface area contributed by atoms with Crippen LogP contribution in [0.4, 0.5) is 0 Å². The SMILES string of the molecule is O=C(O)c1cnc2nc(Cl)c3ccccc3c2c1. The highest BCUT2D eigenvalue weighted by molar-refractivity contribution is 6.35.